The molecule has 4 atom stereocenters. The molecule has 0 saturated carbocycles. The van der Waals surface area contributed by atoms with Crippen LogP contribution < -0.4 is 5.32 Å². The summed E-state index contributed by atoms with van der Waals surface area (Å²) >= 11 is 24.4. The summed E-state index contributed by atoms with van der Waals surface area (Å²) in [7, 11) is 0. The van der Waals surface area contributed by atoms with Gasteiger partial charge in [-0.05, 0) is 128 Å². The Hall–Kier alpha value is -2.81. The number of benzene rings is 4. The fourth-order valence-electron chi connectivity index (χ4n) is 8.63. The van der Waals surface area contributed by atoms with Gasteiger partial charge in [-0.15, -0.1) is 0 Å². The molecule has 0 aromatic heterocycles. The second-order valence-corrected chi connectivity index (χ2v) is 17.7. The van der Waals surface area contributed by atoms with Gasteiger partial charge in [0.05, 0.1) is 12.1 Å². The first-order chi connectivity index (χ1) is 25.4. The number of carbonyl (C=O) groups is 1. The highest BCUT2D eigenvalue weighted by atomic mass is 35.5. The third-order valence-corrected chi connectivity index (χ3v) is 12.1. The first kappa shape index (κ1) is 38.5. The number of likely N-dealkylation sites (tertiary alicyclic amines) is 3. The summed E-state index contributed by atoms with van der Waals surface area (Å²) in [5, 5.41) is 6.56. The van der Waals surface area contributed by atoms with E-state index < -0.39 is 5.60 Å². The zero-order valence-electron chi connectivity index (χ0n) is 30.5. The van der Waals surface area contributed by atoms with Gasteiger partial charge < -0.3 is 15.0 Å². The molecule has 4 saturated heterocycles. The second-order valence-electron chi connectivity index (χ2n) is 16.0. The summed E-state index contributed by atoms with van der Waals surface area (Å²) in [5.41, 5.74) is 4.56. The van der Waals surface area contributed by atoms with Gasteiger partial charge in [-0.1, -0.05) is 94.9 Å². The van der Waals surface area contributed by atoms with Crippen LogP contribution in [0.25, 0.3) is 0 Å². The minimum absolute atomic E-state index is 0.139. The van der Waals surface area contributed by atoms with Gasteiger partial charge >= 0.3 is 6.09 Å². The van der Waals surface area contributed by atoms with Crippen LogP contribution in [0, 0.1) is 23.7 Å². The van der Waals surface area contributed by atoms with Crippen LogP contribution in [0.3, 0.4) is 0 Å². The summed E-state index contributed by atoms with van der Waals surface area (Å²) in [4.78, 5) is 19.5. The van der Waals surface area contributed by atoms with Crippen molar-refractivity contribution >= 4 is 52.5 Å². The number of fused-ring (bicyclic) bond motifs is 2. The van der Waals surface area contributed by atoms with Gasteiger partial charge in [-0.2, -0.15) is 0 Å². The minimum atomic E-state index is -0.463. The number of nitrogens with one attached hydrogen (secondary N) is 1. The predicted molar refractivity (Wildman–Crippen MR) is 217 cm³/mol. The Kier molecular flexibility index (Phi) is 12.0. The summed E-state index contributed by atoms with van der Waals surface area (Å²) in [5.74, 6) is 2.47. The lowest BCUT2D eigenvalue weighted by atomic mass is 9.97. The van der Waals surface area contributed by atoms with Gasteiger partial charge in [0, 0.05) is 59.4 Å². The van der Waals surface area contributed by atoms with Crippen molar-refractivity contribution in [2.45, 2.75) is 38.5 Å². The molecule has 1 N–H and O–H groups in total. The van der Waals surface area contributed by atoms with E-state index in [1.54, 1.807) is 0 Å². The lowest BCUT2D eigenvalue weighted by Gasteiger charge is -2.31. The molecule has 6 nitrogen and oxygen atoms in total. The lowest BCUT2D eigenvalue weighted by Crippen LogP contribution is -2.38. The number of halogens is 4. The maximum atomic E-state index is 12.5. The van der Waals surface area contributed by atoms with Crippen molar-refractivity contribution in [3.63, 3.8) is 0 Å². The summed E-state index contributed by atoms with van der Waals surface area (Å²) in [6.07, 6.45) is -0.199. The van der Waals surface area contributed by atoms with E-state index in [4.69, 9.17) is 51.1 Å². The second kappa shape index (κ2) is 16.5. The van der Waals surface area contributed by atoms with Gasteiger partial charge in [0.1, 0.15) is 5.60 Å². The van der Waals surface area contributed by atoms with Crippen LogP contribution in [0.1, 0.15) is 55.1 Å². The number of rotatable bonds is 6. The largest absolute Gasteiger partial charge is 0.444 e. The van der Waals surface area contributed by atoms with E-state index in [1.165, 1.54) is 22.3 Å². The molecule has 280 valence electrons. The van der Waals surface area contributed by atoms with E-state index in [1.807, 2.05) is 74.2 Å². The van der Waals surface area contributed by atoms with Crippen molar-refractivity contribution in [3.8, 4) is 0 Å². The average molecular weight is 795 g/mol. The van der Waals surface area contributed by atoms with Crippen LogP contribution in [0.5, 0.6) is 0 Å². The Bertz CT molecular complexity index is 1720. The predicted octanol–water partition coefficient (Wildman–Crippen LogP) is 10.1. The molecule has 10 heteroatoms. The van der Waals surface area contributed by atoms with E-state index in [-0.39, 0.29) is 18.2 Å². The Morgan fingerprint density at radius 1 is 0.547 bits per heavy atom. The highest BCUT2D eigenvalue weighted by Gasteiger charge is 2.45. The number of carbonyl (C=O) groups excluding carboxylic acids is 1. The fraction of sp³-hybridized carbons (Fsp3) is 0.419. The molecule has 4 fully saturated rings. The van der Waals surface area contributed by atoms with Crippen molar-refractivity contribution in [3.05, 3.63) is 139 Å². The number of amides is 1. The fourth-order valence-corrected chi connectivity index (χ4v) is 9.13. The van der Waals surface area contributed by atoms with Crippen LogP contribution in [0.15, 0.2) is 97.1 Å². The summed E-state index contributed by atoms with van der Waals surface area (Å²) < 4.78 is 5.57. The smallest absolute Gasteiger partial charge is 0.410 e. The van der Waals surface area contributed by atoms with Crippen molar-refractivity contribution in [2.75, 3.05) is 52.4 Å². The van der Waals surface area contributed by atoms with E-state index in [9.17, 15) is 4.79 Å². The zero-order valence-corrected chi connectivity index (χ0v) is 33.6. The lowest BCUT2D eigenvalue weighted by molar-refractivity contribution is 0.0272. The molecule has 53 heavy (non-hydrogen) atoms. The topological polar surface area (TPSA) is 48.1 Å². The highest BCUT2D eigenvalue weighted by Crippen LogP contribution is 2.40. The summed E-state index contributed by atoms with van der Waals surface area (Å²) in [6.45, 7) is 13.7. The Morgan fingerprint density at radius 3 is 1.15 bits per heavy atom. The Labute approximate surface area is 334 Å². The van der Waals surface area contributed by atoms with E-state index in [0.29, 0.717) is 11.8 Å². The van der Waals surface area contributed by atoms with Gasteiger partial charge in [-0.25, -0.2) is 4.79 Å². The normalized spacial score (nSPS) is 22.9. The molecule has 8 rings (SSSR count). The quantitative estimate of drug-likeness (QED) is 0.211. The van der Waals surface area contributed by atoms with Crippen molar-refractivity contribution < 1.29 is 9.53 Å². The number of nitrogens with zero attached hydrogens (tertiary/aromatic N) is 3. The Morgan fingerprint density at radius 2 is 0.849 bits per heavy atom. The first-order valence-corrected chi connectivity index (χ1v) is 20.1. The van der Waals surface area contributed by atoms with Gasteiger partial charge in [-0.3, -0.25) is 9.80 Å². The van der Waals surface area contributed by atoms with Gasteiger partial charge in [0.2, 0.25) is 0 Å². The zero-order chi connectivity index (χ0) is 37.3. The van der Waals surface area contributed by atoms with Crippen LogP contribution in [0.4, 0.5) is 4.79 Å². The van der Waals surface area contributed by atoms with Crippen LogP contribution in [0.2, 0.25) is 20.1 Å². The Balaban J connectivity index is 0.000000170. The molecule has 1 amide bonds. The molecule has 0 radical (unpaired) electrons. The standard InChI is InChI=1S/C24H28Cl2N2O2.C19H20Cl2N2/c1-24(2,3)30-23(29)28-14-18-12-27(13-19(18)15-28)22(16-4-8-20(25)9-5-16)17-6-10-21(26)11-7-17;20-17-5-1-13(2-6-17)19(14-3-7-18(21)8-4-14)23-11-15-9-22-10-16(15)12-23/h4-11,18-19,22H,12-15H2,1-3H3;1-8,15-16,19,22H,9-12H2. The van der Waals surface area contributed by atoms with Crippen molar-refractivity contribution in [1.82, 2.24) is 20.0 Å². The monoisotopic (exact) mass is 792 g/mol. The number of hydrogen-bond acceptors (Lipinski definition) is 5. The third kappa shape index (κ3) is 9.36. The first-order valence-electron chi connectivity index (χ1n) is 18.6. The van der Waals surface area contributed by atoms with E-state index in [0.717, 1.165) is 84.3 Å². The molecule has 4 heterocycles. The van der Waals surface area contributed by atoms with Crippen LogP contribution >= 0.6 is 46.4 Å². The molecule has 0 bridgehead atoms. The molecular weight excluding hydrogens is 746 g/mol. The van der Waals surface area contributed by atoms with Gasteiger partial charge in [0.25, 0.3) is 0 Å². The number of ether oxygens (including phenoxy) is 1. The van der Waals surface area contributed by atoms with Crippen LogP contribution in [-0.2, 0) is 4.74 Å². The molecule has 0 spiro atoms. The minimum Gasteiger partial charge on any atom is -0.444 e. The average Bonchev–Trinajstić information content (AvgIpc) is 3.90. The highest BCUT2D eigenvalue weighted by molar-refractivity contribution is 6.31. The van der Waals surface area contributed by atoms with Crippen molar-refractivity contribution in [2.24, 2.45) is 23.7 Å². The van der Waals surface area contributed by atoms with Crippen molar-refractivity contribution in [1.29, 1.82) is 0 Å². The molecular formula is C43H48Cl4N4O2. The molecule has 4 aromatic carbocycles. The maximum absolute atomic E-state index is 12.5. The number of hydrogen-bond donors (Lipinski definition) is 1. The maximum Gasteiger partial charge on any atom is 0.410 e. The SMILES string of the molecule is CC(C)(C)OC(=O)N1CC2CN(C(c3ccc(Cl)cc3)c3ccc(Cl)cc3)CC2C1.Clc1ccc(C(c2ccc(Cl)cc2)N2CC3CNCC3C2)cc1. The third-order valence-electron chi connectivity index (χ3n) is 11.1. The molecule has 0 aliphatic carbocycles. The summed E-state index contributed by atoms with van der Waals surface area (Å²) in [6, 6.07) is 33.1. The molecule has 4 aliphatic rings. The molecule has 4 unspecified atom stereocenters. The van der Waals surface area contributed by atoms with Gasteiger partial charge in [0.15, 0.2) is 0 Å². The molecule has 4 aromatic rings. The van der Waals surface area contributed by atoms with Crippen LogP contribution in [-0.4, -0.2) is 78.8 Å². The van der Waals surface area contributed by atoms with E-state index >= 15 is 0 Å². The van der Waals surface area contributed by atoms with E-state index in [2.05, 4.69) is 63.6 Å². The molecule has 4 aliphatic heterocycles.